The van der Waals surface area contributed by atoms with Crippen LogP contribution in [0.4, 0.5) is 4.39 Å². The molecule has 1 fully saturated rings. The minimum Gasteiger partial charge on any atom is -0.394 e. The number of ether oxygens (including phenoxy) is 1. The second-order valence-corrected chi connectivity index (χ2v) is 6.96. The molecule has 1 saturated heterocycles. The molecule has 3 rings (SSSR count). The van der Waals surface area contributed by atoms with Gasteiger partial charge in [-0.15, -0.1) is 0 Å². The fraction of sp³-hybridized carbons (Fsp3) is 0.381. The van der Waals surface area contributed by atoms with Crippen LogP contribution in [0, 0.1) is 5.82 Å². The van der Waals surface area contributed by atoms with E-state index in [1.165, 1.54) is 18.3 Å². The highest BCUT2D eigenvalue weighted by Gasteiger charge is 2.33. The fourth-order valence-electron chi connectivity index (χ4n) is 3.31. The first-order chi connectivity index (χ1) is 14.0. The second kappa shape index (κ2) is 10.1. The third kappa shape index (κ3) is 6.07. The Morgan fingerprint density at radius 3 is 2.79 bits per heavy atom. The Morgan fingerprint density at radius 1 is 1.21 bits per heavy atom. The van der Waals surface area contributed by atoms with Crippen molar-refractivity contribution < 1.29 is 23.8 Å². The van der Waals surface area contributed by atoms with Crippen molar-refractivity contribution in [2.45, 2.75) is 44.1 Å². The number of carbonyl (C=O) groups is 2. The lowest BCUT2D eigenvalue weighted by molar-refractivity contribution is -0.131. The first-order valence-electron chi connectivity index (χ1n) is 9.54. The lowest BCUT2D eigenvalue weighted by Gasteiger charge is -2.35. The highest BCUT2D eigenvalue weighted by atomic mass is 19.1. The maximum atomic E-state index is 13.2. The van der Waals surface area contributed by atoms with E-state index >= 15 is 0 Å². The molecule has 0 spiro atoms. The van der Waals surface area contributed by atoms with Gasteiger partial charge in [0.1, 0.15) is 17.6 Å². The standard InChI is InChI=1S/C21H24FN3O4/c22-15-5-3-4-14(10-15)12-24-20(27)11-16-7-8-17(19(13-26)29-16)25-21(28)18-6-1-2-9-23-18/h1-6,9-10,16-17,19,26H,7-8,11-13H2,(H,24,27)(H,25,28)/t16-,17-,19+/m0/s1. The summed E-state index contributed by atoms with van der Waals surface area (Å²) in [6, 6.07) is 10.7. The molecule has 1 aliphatic rings. The molecule has 0 bridgehead atoms. The SMILES string of the molecule is O=C(C[C@@H]1CC[C@H](NC(=O)c2ccccn2)[C@@H](CO)O1)NCc1cccc(F)c1. The zero-order valence-electron chi connectivity index (χ0n) is 15.9. The van der Waals surface area contributed by atoms with E-state index < -0.39 is 6.10 Å². The van der Waals surface area contributed by atoms with Gasteiger partial charge in [0.2, 0.25) is 5.91 Å². The Kier molecular flexibility index (Phi) is 7.26. The molecule has 29 heavy (non-hydrogen) atoms. The number of nitrogens with one attached hydrogen (secondary N) is 2. The van der Waals surface area contributed by atoms with E-state index in [2.05, 4.69) is 15.6 Å². The predicted molar refractivity (Wildman–Crippen MR) is 103 cm³/mol. The van der Waals surface area contributed by atoms with Crippen LogP contribution >= 0.6 is 0 Å². The van der Waals surface area contributed by atoms with Gasteiger partial charge in [-0.25, -0.2) is 4.39 Å². The van der Waals surface area contributed by atoms with Gasteiger partial charge < -0.3 is 20.5 Å². The lowest BCUT2D eigenvalue weighted by atomic mass is 9.96. The predicted octanol–water partition coefficient (Wildman–Crippen LogP) is 1.57. The monoisotopic (exact) mass is 401 g/mol. The molecule has 2 heterocycles. The number of aliphatic hydroxyl groups is 1. The van der Waals surface area contributed by atoms with E-state index in [9.17, 15) is 19.1 Å². The number of pyridine rings is 1. The van der Waals surface area contributed by atoms with E-state index in [0.717, 1.165) is 0 Å². The molecule has 3 N–H and O–H groups in total. The summed E-state index contributed by atoms with van der Waals surface area (Å²) in [4.78, 5) is 28.5. The molecule has 7 nitrogen and oxygen atoms in total. The molecular weight excluding hydrogens is 377 g/mol. The van der Waals surface area contributed by atoms with Crippen LogP contribution < -0.4 is 10.6 Å². The van der Waals surface area contributed by atoms with Crippen molar-refractivity contribution in [3.8, 4) is 0 Å². The summed E-state index contributed by atoms with van der Waals surface area (Å²) in [6.45, 7) is -0.0376. The lowest BCUT2D eigenvalue weighted by Crippen LogP contribution is -2.51. The summed E-state index contributed by atoms with van der Waals surface area (Å²) in [5, 5.41) is 15.2. The van der Waals surface area contributed by atoms with Gasteiger partial charge >= 0.3 is 0 Å². The molecule has 2 amide bonds. The van der Waals surface area contributed by atoms with Crippen molar-refractivity contribution in [1.29, 1.82) is 0 Å². The van der Waals surface area contributed by atoms with Crippen LogP contribution in [0.25, 0.3) is 0 Å². The number of nitrogens with zero attached hydrogens (tertiary/aromatic N) is 1. The first kappa shape index (κ1) is 20.9. The molecule has 1 aliphatic heterocycles. The summed E-state index contributed by atoms with van der Waals surface area (Å²) >= 11 is 0. The van der Waals surface area contributed by atoms with Crippen LogP contribution in [-0.2, 0) is 16.1 Å². The topological polar surface area (TPSA) is 101 Å². The Labute approximate surface area is 168 Å². The number of rotatable bonds is 7. The van der Waals surface area contributed by atoms with Gasteiger partial charge in [0.25, 0.3) is 5.91 Å². The van der Waals surface area contributed by atoms with Gasteiger partial charge in [-0.3, -0.25) is 14.6 Å². The maximum absolute atomic E-state index is 13.2. The van der Waals surface area contributed by atoms with Gasteiger partial charge in [0, 0.05) is 12.7 Å². The van der Waals surface area contributed by atoms with E-state index in [-0.39, 0.29) is 49.3 Å². The average molecular weight is 401 g/mol. The largest absolute Gasteiger partial charge is 0.394 e. The van der Waals surface area contributed by atoms with Gasteiger partial charge in [0.05, 0.1) is 25.2 Å². The first-order valence-corrected chi connectivity index (χ1v) is 9.54. The molecule has 8 heteroatoms. The van der Waals surface area contributed by atoms with Crippen LogP contribution in [0.15, 0.2) is 48.7 Å². The summed E-state index contributed by atoms with van der Waals surface area (Å²) in [6.07, 6.45) is 1.85. The van der Waals surface area contributed by atoms with Crippen molar-refractivity contribution >= 4 is 11.8 Å². The van der Waals surface area contributed by atoms with E-state index in [1.54, 1.807) is 30.3 Å². The molecule has 0 unspecified atom stereocenters. The minimum absolute atomic E-state index is 0.132. The maximum Gasteiger partial charge on any atom is 0.270 e. The fourth-order valence-corrected chi connectivity index (χ4v) is 3.31. The zero-order chi connectivity index (χ0) is 20.6. The summed E-state index contributed by atoms with van der Waals surface area (Å²) < 4.78 is 19.0. The van der Waals surface area contributed by atoms with Crippen LogP contribution in [0.1, 0.15) is 35.3 Å². The van der Waals surface area contributed by atoms with Crippen molar-refractivity contribution in [1.82, 2.24) is 15.6 Å². The van der Waals surface area contributed by atoms with E-state index in [0.29, 0.717) is 24.1 Å². The van der Waals surface area contributed by atoms with Crippen molar-refractivity contribution in [3.63, 3.8) is 0 Å². The van der Waals surface area contributed by atoms with Gasteiger partial charge in [-0.05, 0) is 42.7 Å². The zero-order valence-corrected chi connectivity index (χ0v) is 15.9. The number of hydrogen-bond donors (Lipinski definition) is 3. The number of carbonyl (C=O) groups excluding carboxylic acids is 2. The van der Waals surface area contributed by atoms with E-state index in [4.69, 9.17) is 4.74 Å². The number of halogens is 1. The van der Waals surface area contributed by atoms with Crippen LogP contribution in [0.2, 0.25) is 0 Å². The van der Waals surface area contributed by atoms with Crippen molar-refractivity contribution in [2.75, 3.05) is 6.61 Å². The molecule has 0 aliphatic carbocycles. The Morgan fingerprint density at radius 2 is 2.07 bits per heavy atom. The number of aromatic nitrogens is 1. The molecule has 154 valence electrons. The molecule has 0 radical (unpaired) electrons. The highest BCUT2D eigenvalue weighted by Crippen LogP contribution is 2.22. The quantitative estimate of drug-likeness (QED) is 0.654. The Bertz CT molecular complexity index is 834. The third-order valence-corrected chi connectivity index (χ3v) is 4.80. The second-order valence-electron chi connectivity index (χ2n) is 6.96. The van der Waals surface area contributed by atoms with Crippen molar-refractivity contribution in [3.05, 3.63) is 65.7 Å². The van der Waals surface area contributed by atoms with Gasteiger partial charge in [-0.2, -0.15) is 0 Å². The Hall–Kier alpha value is -2.84. The van der Waals surface area contributed by atoms with Crippen molar-refractivity contribution in [2.24, 2.45) is 0 Å². The molecule has 1 aromatic heterocycles. The average Bonchev–Trinajstić information content (AvgIpc) is 2.74. The van der Waals surface area contributed by atoms with Gasteiger partial charge in [-0.1, -0.05) is 18.2 Å². The van der Waals surface area contributed by atoms with Crippen LogP contribution in [0.5, 0.6) is 0 Å². The summed E-state index contributed by atoms with van der Waals surface area (Å²) in [7, 11) is 0. The number of aliphatic hydroxyl groups excluding tert-OH is 1. The molecule has 3 atom stereocenters. The minimum atomic E-state index is -0.600. The highest BCUT2D eigenvalue weighted by molar-refractivity contribution is 5.92. The van der Waals surface area contributed by atoms with Crippen LogP contribution in [0.3, 0.4) is 0 Å². The molecule has 1 aromatic carbocycles. The smallest absolute Gasteiger partial charge is 0.270 e. The number of hydrogen-bond acceptors (Lipinski definition) is 5. The third-order valence-electron chi connectivity index (χ3n) is 4.80. The normalized spacial score (nSPS) is 21.4. The summed E-state index contributed by atoms with van der Waals surface area (Å²) in [5.41, 5.74) is 0.969. The number of amides is 2. The molecule has 0 saturated carbocycles. The number of benzene rings is 1. The molecular formula is C21H24FN3O4. The summed E-state index contributed by atoms with van der Waals surface area (Å²) in [5.74, 6) is -0.896. The van der Waals surface area contributed by atoms with E-state index in [1.807, 2.05) is 0 Å². The molecule has 2 aromatic rings. The van der Waals surface area contributed by atoms with Crippen LogP contribution in [-0.4, -0.2) is 46.8 Å². The van der Waals surface area contributed by atoms with Gasteiger partial charge in [0.15, 0.2) is 0 Å². The Balaban J connectivity index is 1.47.